The normalized spacial score (nSPS) is 8.00. The van der Waals surface area contributed by atoms with E-state index in [1.54, 1.807) is 0 Å². The van der Waals surface area contributed by atoms with Crippen LogP contribution >= 0.6 is 15.9 Å². The second-order valence-corrected chi connectivity index (χ2v) is 3.91. The molecule has 0 saturated heterocycles. The first-order valence-corrected chi connectivity index (χ1v) is 7.71. The Kier molecular flexibility index (Phi) is 13.7. The highest BCUT2D eigenvalue weighted by atomic mass is 79.9. The number of hydrogen-bond acceptors (Lipinski definition) is 0. The summed E-state index contributed by atoms with van der Waals surface area (Å²) in [4.78, 5) is 0. The summed E-state index contributed by atoms with van der Waals surface area (Å²) < 4.78 is 1.14. The van der Waals surface area contributed by atoms with Crippen LogP contribution in [0, 0.1) is 6.92 Å². The number of fused-ring (bicyclic) bond motifs is 1. The quantitative estimate of drug-likeness (QED) is 0.492. The summed E-state index contributed by atoms with van der Waals surface area (Å²) in [6.07, 6.45) is 0. The lowest BCUT2D eigenvalue weighted by molar-refractivity contribution is 1.50. The molecule has 0 saturated carbocycles. The molecule has 0 atom stereocenters. The Hall–Kier alpha value is -0.820. The van der Waals surface area contributed by atoms with E-state index < -0.39 is 0 Å². The fourth-order valence-electron chi connectivity index (χ4n) is 1.34. The van der Waals surface area contributed by atoms with E-state index in [9.17, 15) is 0 Å². The third-order valence-electron chi connectivity index (χ3n) is 1.96. The molecule has 0 N–H and O–H groups in total. The molecular weight excluding hydrogens is 284 g/mol. The molecule has 0 aliphatic heterocycles. The van der Waals surface area contributed by atoms with Gasteiger partial charge in [-0.3, -0.25) is 0 Å². The van der Waals surface area contributed by atoms with Gasteiger partial charge in [-0.1, -0.05) is 87.3 Å². The molecule has 0 nitrogen and oxygen atoms in total. The molecule has 1 heteroatoms. The molecule has 0 bridgehead atoms. The van der Waals surface area contributed by atoms with E-state index in [-0.39, 0.29) is 0 Å². The van der Waals surface area contributed by atoms with E-state index in [2.05, 4.69) is 59.3 Å². The van der Waals surface area contributed by atoms with Crippen molar-refractivity contribution in [2.45, 2.75) is 48.5 Å². The Bertz CT molecular complexity index is 378. The van der Waals surface area contributed by atoms with Gasteiger partial charge >= 0.3 is 0 Å². The number of hydrogen-bond donors (Lipinski definition) is 0. The maximum Gasteiger partial charge on any atom is 0.0181 e. The van der Waals surface area contributed by atoms with Crippen molar-refractivity contribution in [1.29, 1.82) is 0 Å². The summed E-state index contributed by atoms with van der Waals surface area (Å²) in [5.41, 5.74) is 1.31. The van der Waals surface area contributed by atoms with Gasteiger partial charge in [0.1, 0.15) is 0 Å². The van der Waals surface area contributed by atoms with Crippen LogP contribution < -0.4 is 0 Å². The zero-order valence-corrected chi connectivity index (χ0v) is 14.4. The molecule has 2 aromatic carbocycles. The molecule has 2 rings (SSSR count). The minimum Gasteiger partial charge on any atom is -0.0683 e. The van der Waals surface area contributed by atoms with Crippen molar-refractivity contribution in [3.63, 3.8) is 0 Å². The first-order valence-electron chi connectivity index (χ1n) is 6.92. The Morgan fingerprint density at radius 1 is 0.667 bits per heavy atom. The van der Waals surface area contributed by atoms with Crippen molar-refractivity contribution < 1.29 is 0 Å². The van der Waals surface area contributed by atoms with E-state index in [0.717, 1.165) is 4.47 Å². The number of aryl methyl sites for hydroxylation is 1. The maximum atomic E-state index is 3.45. The monoisotopic (exact) mass is 310 g/mol. The van der Waals surface area contributed by atoms with Crippen LogP contribution in [-0.4, -0.2) is 0 Å². The fourth-order valence-corrected chi connectivity index (χ4v) is 1.71. The maximum absolute atomic E-state index is 3.45. The van der Waals surface area contributed by atoms with Crippen LogP contribution in [0.1, 0.15) is 47.1 Å². The Morgan fingerprint density at radius 3 is 1.67 bits per heavy atom. The van der Waals surface area contributed by atoms with E-state index in [4.69, 9.17) is 0 Å². The molecule has 18 heavy (non-hydrogen) atoms. The van der Waals surface area contributed by atoms with Gasteiger partial charge in [-0.05, 0) is 29.8 Å². The SMILES string of the molecule is CC.CC.CC.Cc1ccc2cc(Br)ccc2c1. The van der Waals surface area contributed by atoms with Gasteiger partial charge < -0.3 is 0 Å². The standard InChI is InChI=1S/C11H9Br.3C2H6/c1-8-2-3-10-7-11(12)5-4-9(10)6-8;3*1-2/h2-7H,1H3;3*1-2H3. The van der Waals surface area contributed by atoms with Gasteiger partial charge in [0.25, 0.3) is 0 Å². The average Bonchev–Trinajstić information content (AvgIpc) is 2.46. The molecular formula is C17H27Br. The van der Waals surface area contributed by atoms with Crippen molar-refractivity contribution in [2.75, 3.05) is 0 Å². The van der Waals surface area contributed by atoms with Gasteiger partial charge in [0.15, 0.2) is 0 Å². The highest BCUT2D eigenvalue weighted by Crippen LogP contribution is 2.20. The van der Waals surface area contributed by atoms with Crippen LogP contribution in [0.25, 0.3) is 10.8 Å². The lowest BCUT2D eigenvalue weighted by atomic mass is 10.1. The third-order valence-corrected chi connectivity index (χ3v) is 2.45. The molecule has 0 aliphatic rings. The lowest BCUT2D eigenvalue weighted by Gasteiger charge is -1.99. The van der Waals surface area contributed by atoms with Crippen LogP contribution in [0.15, 0.2) is 40.9 Å². The zero-order chi connectivity index (χ0) is 14.6. The van der Waals surface area contributed by atoms with Gasteiger partial charge in [0.2, 0.25) is 0 Å². The van der Waals surface area contributed by atoms with E-state index in [1.807, 2.05) is 41.5 Å². The molecule has 2 aromatic rings. The van der Waals surface area contributed by atoms with Crippen LogP contribution in [0.2, 0.25) is 0 Å². The molecule has 0 fully saturated rings. The molecule has 0 radical (unpaired) electrons. The smallest absolute Gasteiger partial charge is 0.0181 e. The predicted octanol–water partition coefficient (Wildman–Crippen LogP) is 6.99. The van der Waals surface area contributed by atoms with E-state index in [1.165, 1.54) is 16.3 Å². The van der Waals surface area contributed by atoms with Crippen LogP contribution in [0.5, 0.6) is 0 Å². The third kappa shape index (κ3) is 6.80. The Labute approximate surface area is 122 Å². The minimum atomic E-state index is 1.14. The first kappa shape index (κ1) is 19.5. The molecule has 102 valence electrons. The second-order valence-electron chi connectivity index (χ2n) is 2.99. The summed E-state index contributed by atoms with van der Waals surface area (Å²) in [5.74, 6) is 0. The Balaban J connectivity index is 0. The topological polar surface area (TPSA) is 0 Å². The second kappa shape index (κ2) is 12.6. The van der Waals surface area contributed by atoms with Gasteiger partial charge in [-0.25, -0.2) is 0 Å². The molecule has 0 aliphatic carbocycles. The summed E-state index contributed by atoms with van der Waals surface area (Å²) in [5, 5.41) is 2.59. The molecule has 0 aromatic heterocycles. The fraction of sp³-hybridized carbons (Fsp3) is 0.412. The van der Waals surface area contributed by atoms with Gasteiger partial charge in [0.05, 0.1) is 0 Å². The van der Waals surface area contributed by atoms with Crippen molar-refractivity contribution in [3.05, 3.63) is 46.4 Å². The molecule has 0 heterocycles. The largest absolute Gasteiger partial charge is 0.0683 e. The van der Waals surface area contributed by atoms with E-state index in [0.29, 0.717) is 0 Å². The van der Waals surface area contributed by atoms with Crippen molar-refractivity contribution >= 4 is 26.7 Å². The van der Waals surface area contributed by atoms with Crippen LogP contribution in [0.4, 0.5) is 0 Å². The molecule has 0 spiro atoms. The summed E-state index contributed by atoms with van der Waals surface area (Å²) in [7, 11) is 0. The predicted molar refractivity (Wildman–Crippen MR) is 90.4 cm³/mol. The highest BCUT2D eigenvalue weighted by molar-refractivity contribution is 9.10. The zero-order valence-electron chi connectivity index (χ0n) is 12.8. The molecule has 0 amide bonds. The minimum absolute atomic E-state index is 1.14. The number of benzene rings is 2. The molecule has 0 unspecified atom stereocenters. The average molecular weight is 311 g/mol. The van der Waals surface area contributed by atoms with Gasteiger partial charge in [0, 0.05) is 4.47 Å². The van der Waals surface area contributed by atoms with E-state index >= 15 is 0 Å². The van der Waals surface area contributed by atoms with Crippen molar-refractivity contribution in [3.8, 4) is 0 Å². The van der Waals surface area contributed by atoms with Gasteiger partial charge in [-0.15, -0.1) is 0 Å². The highest BCUT2D eigenvalue weighted by Gasteiger charge is 1.93. The lowest BCUT2D eigenvalue weighted by Crippen LogP contribution is -1.74. The Morgan fingerprint density at radius 2 is 1.11 bits per heavy atom. The van der Waals surface area contributed by atoms with Crippen molar-refractivity contribution in [1.82, 2.24) is 0 Å². The van der Waals surface area contributed by atoms with Crippen LogP contribution in [-0.2, 0) is 0 Å². The van der Waals surface area contributed by atoms with Crippen LogP contribution in [0.3, 0.4) is 0 Å². The first-order chi connectivity index (χ1) is 8.75. The number of rotatable bonds is 0. The summed E-state index contributed by atoms with van der Waals surface area (Å²) in [6, 6.07) is 12.8. The summed E-state index contributed by atoms with van der Waals surface area (Å²) in [6.45, 7) is 14.1. The number of halogens is 1. The van der Waals surface area contributed by atoms with Crippen molar-refractivity contribution in [2.24, 2.45) is 0 Å². The summed E-state index contributed by atoms with van der Waals surface area (Å²) >= 11 is 3.45. The van der Waals surface area contributed by atoms with Gasteiger partial charge in [-0.2, -0.15) is 0 Å².